The summed E-state index contributed by atoms with van der Waals surface area (Å²) in [6.45, 7) is 3.34. The molecule has 0 aliphatic heterocycles. The molecule has 10 heavy (non-hydrogen) atoms. The Balaban J connectivity index is 3.12. The van der Waals surface area contributed by atoms with Gasteiger partial charge in [0.15, 0.2) is 0 Å². The summed E-state index contributed by atoms with van der Waals surface area (Å²) in [7, 11) is 0. The minimum atomic E-state index is -2.41. The van der Waals surface area contributed by atoms with Crippen molar-refractivity contribution < 1.29 is 13.5 Å². The molecule has 0 radical (unpaired) electrons. The third-order valence-corrected chi connectivity index (χ3v) is 0.839. The first-order valence-electron chi connectivity index (χ1n) is 2.89. The van der Waals surface area contributed by atoms with Gasteiger partial charge in [0.1, 0.15) is 6.61 Å². The van der Waals surface area contributed by atoms with Gasteiger partial charge in [0.25, 0.3) is 6.43 Å². The summed E-state index contributed by atoms with van der Waals surface area (Å²) in [5, 5.41) is 0. The van der Waals surface area contributed by atoms with E-state index >= 15 is 0 Å². The Kier molecular flexibility index (Phi) is 5.06. The fraction of sp³-hybridized carbons (Fsp3) is 0.667. The molecule has 0 rings (SSSR count). The molecule has 0 spiro atoms. The number of halogens is 2. The molecule has 0 unspecified atom stereocenters. The fourth-order valence-corrected chi connectivity index (χ4v) is 0.351. The summed E-state index contributed by atoms with van der Waals surface area (Å²) in [4.78, 5) is 0. The molecule has 0 fully saturated rings. The monoisotopic (exact) mass is 151 g/mol. The van der Waals surface area contributed by atoms with Crippen molar-refractivity contribution in [2.75, 3.05) is 19.8 Å². The van der Waals surface area contributed by atoms with Crippen molar-refractivity contribution in [3.05, 3.63) is 12.2 Å². The van der Waals surface area contributed by atoms with Crippen LogP contribution in [0.25, 0.3) is 0 Å². The van der Waals surface area contributed by atoms with E-state index in [1.807, 2.05) is 0 Å². The average Bonchev–Trinajstić information content (AvgIpc) is 1.87. The lowest BCUT2D eigenvalue weighted by molar-refractivity contribution is 0.0262. The molecule has 0 amide bonds. The minimum Gasteiger partial charge on any atom is -0.371 e. The molecule has 0 atom stereocenters. The topological polar surface area (TPSA) is 35.2 Å². The molecule has 0 aliphatic carbocycles. The van der Waals surface area contributed by atoms with Crippen molar-refractivity contribution in [2.45, 2.75) is 6.43 Å². The lowest BCUT2D eigenvalue weighted by Gasteiger charge is -2.03. The Hall–Kier alpha value is -0.480. The zero-order chi connectivity index (χ0) is 7.98. The molecule has 0 saturated heterocycles. The third kappa shape index (κ3) is 5.65. The highest BCUT2D eigenvalue weighted by Crippen LogP contribution is 1.94. The lowest BCUT2D eigenvalue weighted by atomic mass is 10.3. The summed E-state index contributed by atoms with van der Waals surface area (Å²) in [6, 6.07) is 0. The molecule has 4 heteroatoms. The number of nitrogens with two attached hydrogens (primary N) is 1. The van der Waals surface area contributed by atoms with E-state index in [1.54, 1.807) is 0 Å². The van der Waals surface area contributed by atoms with Crippen LogP contribution in [0.4, 0.5) is 8.78 Å². The standard InChI is InChI=1S/C6H11F2NO/c1-5(2-9)3-10-4-6(7)8/h6H,1-4,9H2. The average molecular weight is 151 g/mol. The number of alkyl halides is 2. The van der Waals surface area contributed by atoms with Crippen LogP contribution in [0.1, 0.15) is 0 Å². The second-order valence-corrected chi connectivity index (χ2v) is 1.86. The minimum absolute atomic E-state index is 0.126. The molecule has 0 aromatic rings. The Morgan fingerprint density at radius 3 is 2.60 bits per heavy atom. The first-order valence-corrected chi connectivity index (χ1v) is 2.89. The van der Waals surface area contributed by atoms with Gasteiger partial charge in [0, 0.05) is 6.54 Å². The summed E-state index contributed by atoms with van der Waals surface area (Å²) >= 11 is 0. The molecule has 2 nitrogen and oxygen atoms in total. The van der Waals surface area contributed by atoms with Crippen LogP contribution in [0, 0.1) is 0 Å². The second-order valence-electron chi connectivity index (χ2n) is 1.86. The van der Waals surface area contributed by atoms with Crippen LogP contribution in [-0.4, -0.2) is 26.2 Å². The van der Waals surface area contributed by atoms with Crippen molar-refractivity contribution in [1.82, 2.24) is 0 Å². The van der Waals surface area contributed by atoms with E-state index in [0.29, 0.717) is 5.57 Å². The van der Waals surface area contributed by atoms with Gasteiger partial charge in [-0.05, 0) is 5.57 Å². The molecule has 0 bridgehead atoms. The predicted molar refractivity (Wildman–Crippen MR) is 35.0 cm³/mol. The van der Waals surface area contributed by atoms with Gasteiger partial charge >= 0.3 is 0 Å². The van der Waals surface area contributed by atoms with Crippen LogP contribution in [0.5, 0.6) is 0 Å². The summed E-state index contributed by atoms with van der Waals surface area (Å²) in [6.07, 6.45) is -2.41. The maximum absolute atomic E-state index is 11.4. The summed E-state index contributed by atoms with van der Waals surface area (Å²) in [5.41, 5.74) is 5.75. The van der Waals surface area contributed by atoms with Crippen LogP contribution in [0.3, 0.4) is 0 Å². The first-order chi connectivity index (χ1) is 4.66. The zero-order valence-electron chi connectivity index (χ0n) is 5.65. The Labute approximate surface area is 58.7 Å². The molecular formula is C6H11F2NO. The molecule has 2 N–H and O–H groups in total. The smallest absolute Gasteiger partial charge is 0.261 e. The Morgan fingerprint density at radius 1 is 1.60 bits per heavy atom. The first kappa shape index (κ1) is 9.52. The van der Waals surface area contributed by atoms with Gasteiger partial charge < -0.3 is 10.5 Å². The highest BCUT2D eigenvalue weighted by molar-refractivity contribution is 4.95. The molecule has 0 aromatic heterocycles. The van der Waals surface area contributed by atoms with E-state index in [2.05, 4.69) is 11.3 Å². The molecular weight excluding hydrogens is 140 g/mol. The van der Waals surface area contributed by atoms with Crippen LogP contribution < -0.4 is 5.73 Å². The van der Waals surface area contributed by atoms with Crippen LogP contribution in [-0.2, 0) is 4.74 Å². The molecule has 0 heterocycles. The number of hydrogen-bond acceptors (Lipinski definition) is 2. The van der Waals surface area contributed by atoms with Gasteiger partial charge in [0.05, 0.1) is 6.61 Å². The number of rotatable bonds is 5. The normalized spacial score (nSPS) is 10.4. The van der Waals surface area contributed by atoms with Gasteiger partial charge in [-0.25, -0.2) is 8.78 Å². The zero-order valence-corrected chi connectivity index (χ0v) is 5.65. The van der Waals surface area contributed by atoms with Crippen molar-refractivity contribution in [3.63, 3.8) is 0 Å². The molecule has 0 saturated carbocycles. The van der Waals surface area contributed by atoms with Gasteiger partial charge in [-0.1, -0.05) is 6.58 Å². The van der Waals surface area contributed by atoms with Crippen LogP contribution >= 0.6 is 0 Å². The molecule has 0 aliphatic rings. The van der Waals surface area contributed by atoms with Crippen LogP contribution in [0.15, 0.2) is 12.2 Å². The Morgan fingerprint density at radius 2 is 2.20 bits per heavy atom. The highest BCUT2D eigenvalue weighted by atomic mass is 19.3. The number of ether oxygens (including phenoxy) is 1. The third-order valence-electron chi connectivity index (χ3n) is 0.839. The fourth-order valence-electron chi connectivity index (χ4n) is 0.351. The lowest BCUT2D eigenvalue weighted by Crippen LogP contribution is -2.11. The van der Waals surface area contributed by atoms with Crippen molar-refractivity contribution in [2.24, 2.45) is 5.73 Å². The largest absolute Gasteiger partial charge is 0.371 e. The maximum Gasteiger partial charge on any atom is 0.261 e. The van der Waals surface area contributed by atoms with Crippen molar-refractivity contribution >= 4 is 0 Å². The quantitative estimate of drug-likeness (QED) is 0.589. The van der Waals surface area contributed by atoms with E-state index in [0.717, 1.165) is 0 Å². The van der Waals surface area contributed by atoms with Gasteiger partial charge in [-0.15, -0.1) is 0 Å². The van der Waals surface area contributed by atoms with E-state index in [9.17, 15) is 8.78 Å². The van der Waals surface area contributed by atoms with Gasteiger partial charge in [0.2, 0.25) is 0 Å². The van der Waals surface area contributed by atoms with E-state index in [4.69, 9.17) is 5.73 Å². The molecule has 0 aromatic carbocycles. The SMILES string of the molecule is C=C(CN)COCC(F)F. The Bertz CT molecular complexity index is 106. The van der Waals surface area contributed by atoms with E-state index in [1.165, 1.54) is 0 Å². The summed E-state index contributed by atoms with van der Waals surface area (Å²) in [5.74, 6) is 0. The highest BCUT2D eigenvalue weighted by Gasteiger charge is 2.01. The van der Waals surface area contributed by atoms with E-state index in [-0.39, 0.29) is 13.2 Å². The van der Waals surface area contributed by atoms with Gasteiger partial charge in [-0.3, -0.25) is 0 Å². The van der Waals surface area contributed by atoms with Crippen molar-refractivity contribution in [1.29, 1.82) is 0 Å². The van der Waals surface area contributed by atoms with Crippen LogP contribution in [0.2, 0.25) is 0 Å². The second kappa shape index (κ2) is 5.32. The number of hydrogen-bond donors (Lipinski definition) is 1. The molecule has 60 valence electrons. The van der Waals surface area contributed by atoms with E-state index < -0.39 is 13.0 Å². The van der Waals surface area contributed by atoms with Gasteiger partial charge in [-0.2, -0.15) is 0 Å². The van der Waals surface area contributed by atoms with Crippen molar-refractivity contribution in [3.8, 4) is 0 Å². The maximum atomic E-state index is 11.4. The predicted octanol–water partition coefficient (Wildman–Crippen LogP) is 0.783. The summed E-state index contributed by atoms with van der Waals surface area (Å²) < 4.78 is 27.3.